The second-order valence-corrected chi connectivity index (χ2v) is 8.36. The molecule has 164 valence electrons. The van der Waals surface area contributed by atoms with Crippen molar-refractivity contribution in [2.24, 2.45) is 0 Å². The summed E-state index contributed by atoms with van der Waals surface area (Å²) in [5, 5.41) is 17.8. The summed E-state index contributed by atoms with van der Waals surface area (Å²) in [6.45, 7) is 0.888. The first kappa shape index (κ1) is 20.2. The van der Waals surface area contributed by atoms with Crippen molar-refractivity contribution in [3.05, 3.63) is 48.0 Å². The van der Waals surface area contributed by atoms with Crippen molar-refractivity contribution in [1.82, 2.24) is 24.9 Å². The van der Waals surface area contributed by atoms with E-state index < -0.39 is 0 Å². The highest BCUT2D eigenvalue weighted by atomic mass is 16.3. The van der Waals surface area contributed by atoms with Crippen LogP contribution in [0.4, 0.5) is 5.95 Å². The molecule has 32 heavy (non-hydrogen) atoms. The van der Waals surface area contributed by atoms with E-state index in [0.717, 1.165) is 47.9 Å². The summed E-state index contributed by atoms with van der Waals surface area (Å²) in [5.74, 6) is 1.91. The van der Waals surface area contributed by atoms with Crippen LogP contribution in [0.1, 0.15) is 50.0 Å². The highest BCUT2D eigenvalue weighted by molar-refractivity contribution is 5.96. The van der Waals surface area contributed by atoms with Crippen LogP contribution in [0.3, 0.4) is 0 Å². The van der Waals surface area contributed by atoms with Gasteiger partial charge in [0.1, 0.15) is 5.75 Å². The number of benzene rings is 2. The molecule has 1 amide bonds. The Labute approximate surface area is 185 Å². The molecule has 6 rings (SSSR count). The number of rotatable bonds is 2. The molecule has 2 fully saturated rings. The summed E-state index contributed by atoms with van der Waals surface area (Å²) in [5.41, 5.74) is 9.78. The minimum Gasteiger partial charge on any atom is -0.508 e. The van der Waals surface area contributed by atoms with Gasteiger partial charge in [-0.05, 0) is 67.5 Å². The first-order valence-electron chi connectivity index (χ1n) is 11.1. The van der Waals surface area contributed by atoms with Crippen LogP contribution in [0, 0.1) is 0 Å². The van der Waals surface area contributed by atoms with Crippen molar-refractivity contribution in [1.29, 1.82) is 0 Å². The Hall–Kier alpha value is -3.68. The molecule has 8 nitrogen and oxygen atoms in total. The van der Waals surface area contributed by atoms with Crippen LogP contribution in [-0.2, 0) is 4.79 Å². The third-order valence-electron chi connectivity index (χ3n) is 5.90. The van der Waals surface area contributed by atoms with Crippen molar-refractivity contribution in [2.45, 2.75) is 44.4 Å². The van der Waals surface area contributed by atoms with Crippen LogP contribution >= 0.6 is 0 Å². The van der Waals surface area contributed by atoms with Gasteiger partial charge in [0.2, 0.25) is 11.9 Å². The number of phenols is 1. The van der Waals surface area contributed by atoms with Crippen molar-refractivity contribution >= 4 is 28.4 Å². The van der Waals surface area contributed by atoms with E-state index in [9.17, 15) is 9.90 Å². The van der Waals surface area contributed by atoms with E-state index >= 15 is 0 Å². The third kappa shape index (κ3) is 4.08. The lowest BCUT2D eigenvalue weighted by Crippen LogP contribution is -2.21. The van der Waals surface area contributed by atoms with Gasteiger partial charge < -0.3 is 16.2 Å². The fourth-order valence-corrected chi connectivity index (χ4v) is 4.07. The molecule has 1 saturated carbocycles. The van der Waals surface area contributed by atoms with Gasteiger partial charge in [0.05, 0.1) is 5.52 Å². The Morgan fingerprint density at radius 2 is 1.84 bits per heavy atom. The van der Waals surface area contributed by atoms with Gasteiger partial charge in [-0.25, -0.2) is 9.97 Å². The predicted octanol–water partition coefficient (Wildman–Crippen LogP) is 3.79. The summed E-state index contributed by atoms with van der Waals surface area (Å²) in [6.07, 6.45) is 6.58. The van der Waals surface area contributed by atoms with Crippen LogP contribution in [0.25, 0.3) is 27.9 Å². The number of hydrogen-bond donors (Lipinski definition) is 3. The summed E-state index contributed by atoms with van der Waals surface area (Å²) in [4.78, 5) is 19.8. The van der Waals surface area contributed by atoms with Gasteiger partial charge in [0.15, 0.2) is 11.5 Å². The molecule has 0 radical (unpaired) electrons. The standard InChI is InChI=1S/C18H15N5O.C6H11NO/c19-18-20-14-3-1-2-13(10-4-5-10)15(14)17-21-16(22-23(17)18)11-6-8-12(24)9-7-11;8-6-4-2-1-3-5-7-6/h1-3,6-10,24H,4-5H2,(H2,19,20);1-5H2,(H,7,8). The lowest BCUT2D eigenvalue weighted by Gasteiger charge is -2.06. The van der Waals surface area contributed by atoms with Gasteiger partial charge in [-0.15, -0.1) is 5.10 Å². The van der Waals surface area contributed by atoms with Gasteiger partial charge in [0.25, 0.3) is 0 Å². The number of nitrogens with two attached hydrogens (primary N) is 1. The Bertz CT molecular complexity index is 1270. The molecule has 0 bridgehead atoms. The number of amides is 1. The van der Waals surface area contributed by atoms with E-state index in [2.05, 4.69) is 21.5 Å². The van der Waals surface area contributed by atoms with Crippen molar-refractivity contribution < 1.29 is 9.90 Å². The number of hydrogen-bond acceptors (Lipinski definition) is 6. The van der Waals surface area contributed by atoms with E-state index in [4.69, 9.17) is 10.7 Å². The fraction of sp³-hybridized carbons (Fsp3) is 0.333. The number of aromatic hydroxyl groups is 1. The number of nitrogens with zero attached hydrogens (tertiary/aromatic N) is 4. The van der Waals surface area contributed by atoms with Crippen LogP contribution in [0.5, 0.6) is 5.75 Å². The highest BCUT2D eigenvalue weighted by Gasteiger charge is 2.27. The predicted molar refractivity (Wildman–Crippen MR) is 123 cm³/mol. The lowest BCUT2D eigenvalue weighted by atomic mass is 10.1. The second kappa shape index (κ2) is 8.45. The van der Waals surface area contributed by atoms with Crippen molar-refractivity contribution in [3.8, 4) is 17.1 Å². The van der Waals surface area contributed by atoms with E-state index in [1.54, 1.807) is 28.8 Å². The molecule has 8 heteroatoms. The third-order valence-corrected chi connectivity index (χ3v) is 5.90. The van der Waals surface area contributed by atoms with Gasteiger partial charge in [0, 0.05) is 23.9 Å². The molecule has 0 spiro atoms. The largest absolute Gasteiger partial charge is 0.508 e. The van der Waals surface area contributed by atoms with Crippen LogP contribution in [-0.4, -0.2) is 37.1 Å². The number of aromatic nitrogens is 4. The van der Waals surface area contributed by atoms with Crippen molar-refractivity contribution in [3.63, 3.8) is 0 Å². The number of nitrogens with one attached hydrogen (secondary N) is 1. The monoisotopic (exact) mass is 430 g/mol. The quantitative estimate of drug-likeness (QED) is 0.445. The number of carbonyl (C=O) groups is 1. The maximum Gasteiger partial charge on any atom is 0.223 e. The van der Waals surface area contributed by atoms with E-state index in [1.165, 1.54) is 24.8 Å². The summed E-state index contributed by atoms with van der Waals surface area (Å²) in [7, 11) is 0. The zero-order chi connectivity index (χ0) is 22.1. The fourth-order valence-electron chi connectivity index (χ4n) is 4.07. The zero-order valence-corrected chi connectivity index (χ0v) is 17.8. The van der Waals surface area contributed by atoms with Crippen LogP contribution < -0.4 is 11.1 Å². The number of anilines is 1. The molecule has 0 unspecified atom stereocenters. The first-order valence-corrected chi connectivity index (χ1v) is 11.1. The number of fused-ring (bicyclic) bond motifs is 3. The average Bonchev–Trinajstić information content (AvgIpc) is 3.58. The molecule has 0 atom stereocenters. The molecule has 2 aromatic carbocycles. The Morgan fingerprint density at radius 1 is 1.03 bits per heavy atom. The summed E-state index contributed by atoms with van der Waals surface area (Å²) in [6, 6.07) is 13.0. The molecule has 2 aromatic heterocycles. The average molecular weight is 431 g/mol. The maximum absolute atomic E-state index is 10.6. The van der Waals surface area contributed by atoms with Crippen LogP contribution in [0.15, 0.2) is 42.5 Å². The number of carbonyl (C=O) groups excluding carboxylic acids is 1. The lowest BCUT2D eigenvalue weighted by molar-refractivity contribution is -0.120. The molecule has 4 aromatic rings. The van der Waals surface area contributed by atoms with Gasteiger partial charge in [-0.2, -0.15) is 4.52 Å². The molecule has 1 saturated heterocycles. The van der Waals surface area contributed by atoms with E-state index in [-0.39, 0.29) is 11.7 Å². The summed E-state index contributed by atoms with van der Waals surface area (Å²) >= 11 is 0. The highest BCUT2D eigenvalue weighted by Crippen LogP contribution is 2.43. The minimum absolute atomic E-state index is 0.213. The van der Waals surface area contributed by atoms with Crippen molar-refractivity contribution in [2.75, 3.05) is 12.3 Å². The van der Waals surface area contributed by atoms with Gasteiger partial charge >= 0.3 is 0 Å². The zero-order valence-electron chi connectivity index (χ0n) is 17.8. The van der Waals surface area contributed by atoms with Crippen LogP contribution in [0.2, 0.25) is 0 Å². The van der Waals surface area contributed by atoms with Gasteiger partial charge in [-0.3, -0.25) is 4.79 Å². The topological polar surface area (TPSA) is 118 Å². The van der Waals surface area contributed by atoms with Gasteiger partial charge in [-0.1, -0.05) is 18.6 Å². The molecule has 1 aliphatic heterocycles. The van der Waals surface area contributed by atoms with E-state index in [0.29, 0.717) is 17.7 Å². The molecular weight excluding hydrogens is 404 g/mol. The molecule has 1 aliphatic carbocycles. The minimum atomic E-state index is 0.213. The Kier molecular flexibility index (Phi) is 5.34. The normalized spacial score (nSPS) is 16.3. The number of phenolic OH excluding ortho intramolecular Hbond substituents is 1. The summed E-state index contributed by atoms with van der Waals surface area (Å²) < 4.78 is 1.61. The molecular formula is C24H26N6O2. The number of nitrogen functional groups attached to an aromatic ring is 1. The second-order valence-electron chi connectivity index (χ2n) is 8.36. The molecule has 4 N–H and O–H groups in total. The Balaban J connectivity index is 0.000000230. The Morgan fingerprint density at radius 3 is 2.62 bits per heavy atom. The molecule has 2 aliphatic rings. The smallest absolute Gasteiger partial charge is 0.223 e. The first-order chi connectivity index (χ1) is 15.6. The maximum atomic E-state index is 10.6. The SMILES string of the molecule is Nc1nc2cccc(C3CC3)c2c2nc(-c3ccc(O)cc3)nn12.O=C1CCCCCN1. The molecule has 3 heterocycles. The van der Waals surface area contributed by atoms with E-state index in [1.807, 2.05) is 12.1 Å².